The molecule has 20 heavy (non-hydrogen) atoms. The first-order valence-electron chi connectivity index (χ1n) is 6.65. The van der Waals surface area contributed by atoms with Crippen LogP contribution < -0.4 is 5.32 Å². The molecule has 0 radical (unpaired) electrons. The van der Waals surface area contributed by atoms with Crippen molar-refractivity contribution in [1.29, 1.82) is 0 Å². The monoisotopic (exact) mass is 275 g/mol. The maximum absolute atomic E-state index is 12.0. The molecule has 0 saturated carbocycles. The van der Waals surface area contributed by atoms with Gasteiger partial charge in [-0.05, 0) is 12.3 Å². The highest BCUT2D eigenvalue weighted by Gasteiger charge is 2.22. The molecule has 1 aliphatic heterocycles. The molecule has 7 nitrogen and oxygen atoms in total. The van der Waals surface area contributed by atoms with Gasteiger partial charge in [0, 0.05) is 45.0 Å². The number of hydrogen-bond donors (Lipinski definition) is 1. The van der Waals surface area contributed by atoms with Crippen molar-refractivity contribution >= 4 is 11.8 Å². The van der Waals surface area contributed by atoms with E-state index in [9.17, 15) is 4.79 Å². The largest absolute Gasteiger partial charge is 0.363 e. The quantitative estimate of drug-likeness (QED) is 0.923. The van der Waals surface area contributed by atoms with Crippen LogP contribution in [0, 0.1) is 5.92 Å². The number of nitrogens with one attached hydrogen (secondary N) is 1. The summed E-state index contributed by atoms with van der Waals surface area (Å²) in [6.07, 6.45) is 7.24. The van der Waals surface area contributed by atoms with Crippen LogP contribution in [0.5, 0.6) is 0 Å². The van der Waals surface area contributed by atoms with Gasteiger partial charge in [0.25, 0.3) is 0 Å². The SMILES string of the molecule is CN(C[C@H]1CCn2ccnc2C1)C(=O)Nc1ccon1. The number of hydrogen-bond acceptors (Lipinski definition) is 4. The number of imidazole rings is 1. The fourth-order valence-electron chi connectivity index (χ4n) is 2.52. The van der Waals surface area contributed by atoms with Crippen LogP contribution in [0.25, 0.3) is 0 Å². The van der Waals surface area contributed by atoms with Gasteiger partial charge >= 0.3 is 6.03 Å². The number of aryl methyl sites for hydroxylation is 1. The predicted octanol–water partition coefficient (Wildman–Crippen LogP) is 1.60. The summed E-state index contributed by atoms with van der Waals surface area (Å²) in [5.74, 6) is 1.98. The molecule has 0 aromatic carbocycles. The van der Waals surface area contributed by atoms with E-state index in [4.69, 9.17) is 0 Å². The molecule has 2 aromatic rings. The molecule has 0 saturated heterocycles. The van der Waals surface area contributed by atoms with Gasteiger partial charge in [-0.3, -0.25) is 5.32 Å². The second-order valence-corrected chi connectivity index (χ2v) is 5.09. The van der Waals surface area contributed by atoms with Crippen molar-refractivity contribution in [2.75, 3.05) is 18.9 Å². The summed E-state index contributed by atoms with van der Waals surface area (Å²) in [5, 5.41) is 6.35. The van der Waals surface area contributed by atoms with Crippen LogP contribution in [0.1, 0.15) is 12.2 Å². The van der Waals surface area contributed by atoms with E-state index in [-0.39, 0.29) is 6.03 Å². The number of carbonyl (C=O) groups is 1. The third kappa shape index (κ3) is 2.66. The highest BCUT2D eigenvalue weighted by Crippen LogP contribution is 2.20. The minimum Gasteiger partial charge on any atom is -0.363 e. The first kappa shape index (κ1) is 12.7. The van der Waals surface area contributed by atoms with Crippen LogP contribution >= 0.6 is 0 Å². The van der Waals surface area contributed by atoms with Crippen LogP contribution in [0.2, 0.25) is 0 Å². The Balaban J connectivity index is 1.54. The van der Waals surface area contributed by atoms with Gasteiger partial charge in [-0.25, -0.2) is 9.78 Å². The Hall–Kier alpha value is -2.31. The van der Waals surface area contributed by atoms with Crippen molar-refractivity contribution in [3.8, 4) is 0 Å². The van der Waals surface area contributed by atoms with Gasteiger partial charge < -0.3 is 14.0 Å². The third-order valence-electron chi connectivity index (χ3n) is 3.60. The molecule has 2 amide bonds. The molecular formula is C13H17N5O2. The molecule has 1 aliphatic rings. The molecule has 0 fully saturated rings. The number of nitrogens with zero attached hydrogens (tertiary/aromatic N) is 4. The van der Waals surface area contributed by atoms with Crippen molar-refractivity contribution in [2.45, 2.75) is 19.4 Å². The lowest BCUT2D eigenvalue weighted by Crippen LogP contribution is -2.37. The van der Waals surface area contributed by atoms with Crippen LogP contribution in [-0.2, 0) is 13.0 Å². The number of anilines is 1. The average Bonchev–Trinajstić information content (AvgIpc) is 3.08. The highest BCUT2D eigenvalue weighted by molar-refractivity contribution is 5.87. The summed E-state index contributed by atoms with van der Waals surface area (Å²) in [6, 6.07) is 1.44. The molecule has 0 spiro atoms. The molecule has 0 unspecified atom stereocenters. The molecule has 7 heteroatoms. The van der Waals surface area contributed by atoms with E-state index in [1.165, 1.54) is 6.26 Å². The van der Waals surface area contributed by atoms with Gasteiger partial charge in [0.15, 0.2) is 5.82 Å². The molecule has 0 aliphatic carbocycles. The van der Waals surface area contributed by atoms with Crippen molar-refractivity contribution in [3.63, 3.8) is 0 Å². The third-order valence-corrected chi connectivity index (χ3v) is 3.60. The summed E-state index contributed by atoms with van der Waals surface area (Å²) < 4.78 is 6.85. The summed E-state index contributed by atoms with van der Waals surface area (Å²) in [5.41, 5.74) is 0. The first-order chi connectivity index (χ1) is 9.72. The van der Waals surface area contributed by atoms with Gasteiger partial charge in [-0.15, -0.1) is 0 Å². The van der Waals surface area contributed by atoms with Crippen LogP contribution in [0.3, 0.4) is 0 Å². The van der Waals surface area contributed by atoms with Crippen molar-refractivity contribution in [1.82, 2.24) is 19.6 Å². The maximum Gasteiger partial charge on any atom is 0.322 e. The Morgan fingerprint density at radius 2 is 2.55 bits per heavy atom. The Morgan fingerprint density at radius 3 is 3.35 bits per heavy atom. The summed E-state index contributed by atoms with van der Waals surface area (Å²) in [6.45, 7) is 1.68. The zero-order valence-corrected chi connectivity index (χ0v) is 11.3. The van der Waals surface area contributed by atoms with Crippen molar-refractivity contribution < 1.29 is 9.32 Å². The van der Waals surface area contributed by atoms with Gasteiger partial charge in [0.05, 0.1) is 0 Å². The van der Waals surface area contributed by atoms with Crippen LogP contribution in [0.4, 0.5) is 10.6 Å². The first-order valence-corrected chi connectivity index (χ1v) is 6.65. The van der Waals surface area contributed by atoms with Gasteiger partial charge in [0.2, 0.25) is 0 Å². The van der Waals surface area contributed by atoms with E-state index < -0.39 is 0 Å². The Labute approximate surface area is 116 Å². The maximum atomic E-state index is 12.0. The lowest BCUT2D eigenvalue weighted by Gasteiger charge is -2.27. The Bertz CT molecular complexity index is 577. The number of amides is 2. The topological polar surface area (TPSA) is 76.2 Å². The number of aromatic nitrogens is 3. The zero-order valence-electron chi connectivity index (χ0n) is 11.3. The molecule has 2 aromatic heterocycles. The number of carbonyl (C=O) groups excluding carboxylic acids is 1. The van der Waals surface area contributed by atoms with E-state index in [2.05, 4.69) is 24.5 Å². The molecule has 3 rings (SSSR count). The Morgan fingerprint density at radius 1 is 1.65 bits per heavy atom. The summed E-state index contributed by atoms with van der Waals surface area (Å²) in [4.78, 5) is 18.0. The highest BCUT2D eigenvalue weighted by atomic mass is 16.5. The van der Waals surface area contributed by atoms with E-state index in [0.717, 1.165) is 25.2 Å². The minimum absolute atomic E-state index is 0.173. The predicted molar refractivity (Wildman–Crippen MR) is 72.2 cm³/mol. The molecule has 3 heterocycles. The fraction of sp³-hybridized carbons (Fsp3) is 0.462. The summed E-state index contributed by atoms with van der Waals surface area (Å²) >= 11 is 0. The Kier molecular flexibility index (Phi) is 3.41. The molecular weight excluding hydrogens is 258 g/mol. The normalized spacial score (nSPS) is 17.6. The van der Waals surface area contributed by atoms with E-state index in [1.54, 1.807) is 18.0 Å². The van der Waals surface area contributed by atoms with E-state index >= 15 is 0 Å². The van der Waals surface area contributed by atoms with Gasteiger partial charge in [-0.2, -0.15) is 0 Å². The summed E-state index contributed by atoms with van der Waals surface area (Å²) in [7, 11) is 1.79. The smallest absolute Gasteiger partial charge is 0.322 e. The van der Waals surface area contributed by atoms with E-state index in [1.807, 2.05) is 12.4 Å². The lowest BCUT2D eigenvalue weighted by molar-refractivity contribution is 0.207. The molecule has 1 N–H and O–H groups in total. The lowest BCUT2D eigenvalue weighted by atomic mass is 9.97. The zero-order chi connectivity index (χ0) is 13.9. The van der Waals surface area contributed by atoms with Crippen LogP contribution in [0.15, 0.2) is 29.2 Å². The van der Waals surface area contributed by atoms with Gasteiger partial charge in [-0.1, -0.05) is 5.16 Å². The minimum atomic E-state index is -0.173. The van der Waals surface area contributed by atoms with Gasteiger partial charge in [0.1, 0.15) is 12.1 Å². The molecule has 1 atom stereocenters. The molecule has 0 bridgehead atoms. The molecule has 106 valence electrons. The number of urea groups is 1. The fourth-order valence-corrected chi connectivity index (χ4v) is 2.52. The van der Waals surface area contributed by atoms with E-state index in [0.29, 0.717) is 18.3 Å². The van der Waals surface area contributed by atoms with Crippen LogP contribution in [-0.4, -0.2) is 39.2 Å². The van der Waals surface area contributed by atoms with Crippen molar-refractivity contribution in [3.05, 3.63) is 30.5 Å². The van der Waals surface area contributed by atoms with Crippen molar-refractivity contribution in [2.24, 2.45) is 5.92 Å². The standard InChI is InChI=1S/C13H17N5O2/c1-17(13(19)15-11-3-7-20-16-11)9-10-2-5-18-6-4-14-12(18)8-10/h3-4,6-7,10H,2,5,8-9H2,1H3,(H,15,16,19)/t10-/m0/s1. The number of rotatable bonds is 3. The second-order valence-electron chi connectivity index (χ2n) is 5.09. The number of fused-ring (bicyclic) bond motifs is 1. The average molecular weight is 275 g/mol. The second kappa shape index (κ2) is 5.36.